The molecule has 0 aromatic carbocycles. The molecule has 0 unspecified atom stereocenters. The Balaban J connectivity index is 3.12. The highest BCUT2D eigenvalue weighted by Gasteiger charge is 2.01. The number of nitrogens with zero attached hydrogens (tertiary/aromatic N) is 1. The van der Waals surface area contributed by atoms with Gasteiger partial charge in [-0.25, -0.2) is 0 Å². The van der Waals surface area contributed by atoms with E-state index in [1.165, 1.54) is 95.0 Å². The summed E-state index contributed by atoms with van der Waals surface area (Å²) in [4.78, 5) is 0. The third kappa shape index (κ3) is 23.9. The summed E-state index contributed by atoms with van der Waals surface area (Å²) in [6.07, 6.45) is 21.1. The molecule has 4 nitrogen and oxygen atoms in total. The number of hydrogen-bond donors (Lipinski definition) is 1. The highest BCUT2D eigenvalue weighted by molar-refractivity contribution is 4.49. The van der Waals surface area contributed by atoms with E-state index >= 15 is 0 Å². The van der Waals surface area contributed by atoms with E-state index < -0.39 is 0 Å². The Morgan fingerprint density at radius 3 is 1.14 bits per heavy atom. The van der Waals surface area contributed by atoms with E-state index in [-0.39, 0.29) is 0 Å². The Labute approximate surface area is 176 Å². The molecule has 0 aromatic rings. The summed E-state index contributed by atoms with van der Waals surface area (Å²) in [6.45, 7) is 8.49. The fraction of sp³-hybridized carbons (Fsp3) is 1.00. The van der Waals surface area contributed by atoms with E-state index in [0.717, 1.165) is 26.1 Å². The minimum atomic E-state index is 0.568. The monoisotopic (exact) mass is 401 g/mol. The molecule has 0 fully saturated rings. The molecule has 0 spiro atoms. The molecule has 0 amide bonds. The normalized spacial score (nSPS) is 11.6. The molecule has 28 heavy (non-hydrogen) atoms. The van der Waals surface area contributed by atoms with Crippen LogP contribution in [0, 0.1) is 0 Å². The predicted octanol–water partition coefficient (Wildman–Crippen LogP) is 6.99. The molecule has 0 aliphatic carbocycles. The second-order valence-electron chi connectivity index (χ2n) is 8.13. The fourth-order valence-electron chi connectivity index (χ4n) is 3.33. The molecule has 0 bridgehead atoms. The van der Waals surface area contributed by atoms with Gasteiger partial charge in [0.05, 0.1) is 13.2 Å². The smallest absolute Gasteiger partial charge is 0.0616 e. The first-order chi connectivity index (χ1) is 13.8. The lowest BCUT2D eigenvalue weighted by atomic mass is 10.1. The highest BCUT2D eigenvalue weighted by Crippen LogP contribution is 2.09. The van der Waals surface area contributed by atoms with Crippen LogP contribution in [0.5, 0.6) is 0 Å². The molecule has 1 N–H and O–H groups in total. The molecular weight excluding hydrogens is 350 g/mol. The van der Waals surface area contributed by atoms with Crippen molar-refractivity contribution in [1.82, 2.24) is 5.06 Å². The summed E-state index contributed by atoms with van der Waals surface area (Å²) in [6, 6.07) is 0. The summed E-state index contributed by atoms with van der Waals surface area (Å²) in [7, 11) is 0. The summed E-state index contributed by atoms with van der Waals surface area (Å²) >= 11 is 0. The number of ether oxygens (including phenoxy) is 2. The Bertz CT molecular complexity index is 251. The Morgan fingerprint density at radius 1 is 0.464 bits per heavy atom. The first-order valence-electron chi connectivity index (χ1n) is 12.4. The third-order valence-corrected chi connectivity index (χ3v) is 5.27. The van der Waals surface area contributed by atoms with Crippen molar-refractivity contribution in [3.8, 4) is 0 Å². The van der Waals surface area contributed by atoms with Crippen molar-refractivity contribution >= 4 is 0 Å². The van der Waals surface area contributed by atoms with Crippen molar-refractivity contribution in [1.29, 1.82) is 0 Å². The quantitative estimate of drug-likeness (QED) is 0.140. The number of rotatable bonds is 24. The van der Waals surface area contributed by atoms with Gasteiger partial charge in [0.1, 0.15) is 0 Å². The van der Waals surface area contributed by atoms with Crippen LogP contribution >= 0.6 is 0 Å². The van der Waals surface area contributed by atoms with Crippen molar-refractivity contribution in [2.45, 2.75) is 117 Å². The van der Waals surface area contributed by atoms with Crippen LogP contribution in [0.1, 0.15) is 117 Å². The first-order valence-corrected chi connectivity index (χ1v) is 12.4. The van der Waals surface area contributed by atoms with Crippen LogP contribution in [-0.2, 0) is 9.47 Å². The largest absolute Gasteiger partial charge is 0.380 e. The standard InChI is InChI=1S/C24H51NO3/c1-3-5-7-9-11-13-15-17-21-27-23-19-25(26)20-24-28-22-18-16-14-12-10-8-6-4-2/h26H,3-24H2,1-2H3. The molecule has 4 heteroatoms. The summed E-state index contributed by atoms with van der Waals surface area (Å²) in [5, 5.41) is 11.1. The maximum Gasteiger partial charge on any atom is 0.0616 e. The number of unbranched alkanes of at least 4 members (excludes halogenated alkanes) is 14. The Hall–Kier alpha value is -0.160. The van der Waals surface area contributed by atoms with Crippen molar-refractivity contribution in [2.24, 2.45) is 0 Å². The van der Waals surface area contributed by atoms with Crippen LogP contribution in [0.25, 0.3) is 0 Å². The van der Waals surface area contributed by atoms with Crippen LogP contribution in [0.15, 0.2) is 0 Å². The zero-order chi connectivity index (χ0) is 20.5. The fourth-order valence-corrected chi connectivity index (χ4v) is 3.33. The van der Waals surface area contributed by atoms with Gasteiger partial charge < -0.3 is 14.7 Å². The lowest BCUT2D eigenvalue weighted by Crippen LogP contribution is -2.28. The average molecular weight is 402 g/mol. The van der Waals surface area contributed by atoms with E-state index in [4.69, 9.17) is 9.47 Å². The van der Waals surface area contributed by atoms with Crippen LogP contribution in [0.3, 0.4) is 0 Å². The minimum absolute atomic E-state index is 0.568. The first kappa shape index (κ1) is 27.8. The van der Waals surface area contributed by atoms with E-state index in [9.17, 15) is 5.21 Å². The van der Waals surface area contributed by atoms with Gasteiger partial charge in [0.2, 0.25) is 0 Å². The van der Waals surface area contributed by atoms with Crippen LogP contribution in [0.2, 0.25) is 0 Å². The molecule has 0 saturated heterocycles. The molecule has 0 aromatic heterocycles. The Morgan fingerprint density at radius 2 is 0.786 bits per heavy atom. The lowest BCUT2D eigenvalue weighted by molar-refractivity contribution is -0.115. The van der Waals surface area contributed by atoms with Crippen molar-refractivity contribution in [2.75, 3.05) is 39.5 Å². The van der Waals surface area contributed by atoms with Crippen molar-refractivity contribution in [3.05, 3.63) is 0 Å². The van der Waals surface area contributed by atoms with Gasteiger partial charge in [0.25, 0.3) is 0 Å². The van der Waals surface area contributed by atoms with Gasteiger partial charge in [-0.05, 0) is 12.8 Å². The summed E-state index contributed by atoms with van der Waals surface area (Å²) < 4.78 is 11.2. The van der Waals surface area contributed by atoms with Gasteiger partial charge in [-0.2, -0.15) is 5.06 Å². The summed E-state index contributed by atoms with van der Waals surface area (Å²) in [5.41, 5.74) is 0. The topological polar surface area (TPSA) is 41.9 Å². The van der Waals surface area contributed by atoms with E-state index in [2.05, 4.69) is 13.8 Å². The van der Waals surface area contributed by atoms with Crippen LogP contribution in [0.4, 0.5) is 0 Å². The third-order valence-electron chi connectivity index (χ3n) is 5.27. The molecule has 0 aliphatic rings. The number of hydroxylamine groups is 2. The van der Waals surface area contributed by atoms with Gasteiger partial charge in [0, 0.05) is 26.3 Å². The van der Waals surface area contributed by atoms with Crippen LogP contribution < -0.4 is 0 Å². The maximum absolute atomic E-state index is 9.81. The zero-order valence-electron chi connectivity index (χ0n) is 19.3. The van der Waals surface area contributed by atoms with Crippen LogP contribution in [-0.4, -0.2) is 49.8 Å². The molecule has 0 atom stereocenters. The zero-order valence-corrected chi connectivity index (χ0v) is 19.3. The van der Waals surface area contributed by atoms with Gasteiger partial charge >= 0.3 is 0 Å². The second kappa shape index (κ2) is 24.9. The van der Waals surface area contributed by atoms with Gasteiger partial charge in [-0.1, -0.05) is 104 Å². The highest BCUT2D eigenvalue weighted by atomic mass is 16.5. The number of hydrogen-bond acceptors (Lipinski definition) is 4. The molecule has 0 saturated carbocycles. The lowest BCUT2D eigenvalue weighted by Gasteiger charge is -2.14. The van der Waals surface area contributed by atoms with E-state index in [1.807, 2.05) is 0 Å². The molecule has 170 valence electrons. The van der Waals surface area contributed by atoms with Gasteiger partial charge in [-0.3, -0.25) is 0 Å². The Kier molecular flexibility index (Phi) is 24.7. The average Bonchev–Trinajstić information content (AvgIpc) is 2.70. The maximum atomic E-state index is 9.81. The van der Waals surface area contributed by atoms with Gasteiger partial charge in [-0.15, -0.1) is 0 Å². The summed E-state index contributed by atoms with van der Waals surface area (Å²) in [5.74, 6) is 0. The van der Waals surface area contributed by atoms with Gasteiger partial charge in [0.15, 0.2) is 0 Å². The van der Waals surface area contributed by atoms with E-state index in [0.29, 0.717) is 26.3 Å². The minimum Gasteiger partial charge on any atom is -0.380 e. The van der Waals surface area contributed by atoms with Crippen molar-refractivity contribution < 1.29 is 14.7 Å². The van der Waals surface area contributed by atoms with E-state index in [1.54, 1.807) is 0 Å². The molecular formula is C24H51NO3. The van der Waals surface area contributed by atoms with Crippen molar-refractivity contribution in [3.63, 3.8) is 0 Å². The second-order valence-corrected chi connectivity index (χ2v) is 8.13. The molecule has 0 heterocycles. The SMILES string of the molecule is CCCCCCCCCCOCCN(O)CCOCCCCCCCCCC. The predicted molar refractivity (Wildman–Crippen MR) is 120 cm³/mol. The molecule has 0 radical (unpaired) electrons. The molecule has 0 rings (SSSR count). The molecule has 0 aliphatic heterocycles.